The molecule has 2 fully saturated rings. The van der Waals surface area contributed by atoms with Gasteiger partial charge in [-0.25, -0.2) is 4.98 Å². The van der Waals surface area contributed by atoms with Crippen molar-refractivity contribution < 1.29 is 14.1 Å². The summed E-state index contributed by atoms with van der Waals surface area (Å²) in [5.41, 5.74) is 1.64. The van der Waals surface area contributed by atoms with Crippen molar-refractivity contribution in [3.63, 3.8) is 0 Å². The lowest BCUT2D eigenvalue weighted by Gasteiger charge is -2.36. The average molecular weight is 469 g/mol. The Kier molecular flexibility index (Phi) is 6.15. The number of halogens is 1. The molecule has 0 bridgehead atoms. The van der Waals surface area contributed by atoms with E-state index in [1.807, 2.05) is 29.2 Å². The van der Waals surface area contributed by atoms with Crippen LogP contribution in [0.3, 0.4) is 0 Å². The number of ether oxygens (including phenoxy) is 1. The normalized spacial score (nSPS) is 16.8. The van der Waals surface area contributed by atoms with Crippen LogP contribution in [0.2, 0.25) is 5.02 Å². The first kappa shape index (κ1) is 21.7. The van der Waals surface area contributed by atoms with E-state index in [4.69, 9.17) is 25.8 Å². The van der Waals surface area contributed by atoms with Crippen LogP contribution in [0.4, 0.5) is 11.8 Å². The van der Waals surface area contributed by atoms with Crippen LogP contribution in [0.25, 0.3) is 11.3 Å². The third-order valence-corrected chi connectivity index (χ3v) is 6.35. The van der Waals surface area contributed by atoms with E-state index < -0.39 is 0 Å². The van der Waals surface area contributed by atoms with E-state index in [2.05, 4.69) is 19.9 Å². The number of anilines is 2. The van der Waals surface area contributed by atoms with Crippen LogP contribution < -0.4 is 9.80 Å². The minimum Gasteiger partial charge on any atom is -0.378 e. The van der Waals surface area contributed by atoms with Crippen molar-refractivity contribution in [1.29, 1.82) is 0 Å². The molecule has 4 heterocycles. The highest BCUT2D eigenvalue weighted by Gasteiger charge is 2.29. The first-order valence-electron chi connectivity index (χ1n) is 11.0. The summed E-state index contributed by atoms with van der Waals surface area (Å²) in [7, 11) is 0. The van der Waals surface area contributed by atoms with Crippen LogP contribution in [0.5, 0.6) is 0 Å². The largest absolute Gasteiger partial charge is 0.378 e. The van der Waals surface area contributed by atoms with Gasteiger partial charge in [-0.1, -0.05) is 35.0 Å². The Labute approximate surface area is 196 Å². The SMILES string of the molecule is Cc1onc(-c2ccccc2Cl)c1C(=O)N1CCN(c2ccnc(N3CCOCC3)n2)CC1. The molecular weight excluding hydrogens is 444 g/mol. The van der Waals surface area contributed by atoms with Crippen LogP contribution in [0.1, 0.15) is 16.1 Å². The number of amides is 1. The highest BCUT2D eigenvalue weighted by atomic mass is 35.5. The number of piperazine rings is 1. The van der Waals surface area contributed by atoms with Gasteiger partial charge in [0.25, 0.3) is 5.91 Å². The first-order valence-corrected chi connectivity index (χ1v) is 11.4. The van der Waals surface area contributed by atoms with Crippen molar-refractivity contribution >= 4 is 29.3 Å². The summed E-state index contributed by atoms with van der Waals surface area (Å²) < 4.78 is 10.8. The molecule has 172 valence electrons. The minimum atomic E-state index is -0.0972. The summed E-state index contributed by atoms with van der Waals surface area (Å²) in [6.45, 7) is 7.21. The number of morpholine rings is 1. The standard InChI is InChI=1S/C23H25ClN6O3/c1-16-20(21(27-33-16)17-4-2-3-5-18(17)24)22(31)29-10-8-28(9-11-29)19-6-7-25-23(26-19)30-12-14-32-15-13-30/h2-7H,8-15H2,1H3. The highest BCUT2D eigenvalue weighted by Crippen LogP contribution is 2.32. The monoisotopic (exact) mass is 468 g/mol. The summed E-state index contributed by atoms with van der Waals surface area (Å²) in [6.07, 6.45) is 1.79. The van der Waals surface area contributed by atoms with E-state index in [9.17, 15) is 4.79 Å². The number of nitrogens with zero attached hydrogens (tertiary/aromatic N) is 6. The van der Waals surface area contributed by atoms with Gasteiger partial charge in [-0.05, 0) is 19.1 Å². The fourth-order valence-electron chi connectivity index (χ4n) is 4.19. The molecule has 0 spiro atoms. The van der Waals surface area contributed by atoms with E-state index >= 15 is 0 Å². The van der Waals surface area contributed by atoms with Crippen LogP contribution >= 0.6 is 11.6 Å². The lowest BCUT2D eigenvalue weighted by atomic mass is 10.0. The molecule has 1 amide bonds. The topological polar surface area (TPSA) is 87.8 Å². The number of aromatic nitrogens is 3. The number of carbonyl (C=O) groups is 1. The average Bonchev–Trinajstić information content (AvgIpc) is 3.25. The molecule has 3 aromatic rings. The summed E-state index contributed by atoms with van der Waals surface area (Å²) in [4.78, 5) is 28.8. The van der Waals surface area contributed by atoms with E-state index in [-0.39, 0.29) is 5.91 Å². The van der Waals surface area contributed by atoms with Gasteiger partial charge in [0, 0.05) is 51.0 Å². The number of rotatable bonds is 4. The fraction of sp³-hybridized carbons (Fsp3) is 0.391. The minimum absolute atomic E-state index is 0.0972. The van der Waals surface area contributed by atoms with Crippen molar-refractivity contribution in [2.75, 3.05) is 62.3 Å². The van der Waals surface area contributed by atoms with Crippen LogP contribution in [-0.4, -0.2) is 78.4 Å². The number of benzene rings is 1. The van der Waals surface area contributed by atoms with Crippen molar-refractivity contribution in [3.8, 4) is 11.3 Å². The van der Waals surface area contributed by atoms with E-state index in [0.29, 0.717) is 67.0 Å². The van der Waals surface area contributed by atoms with Gasteiger partial charge in [0.15, 0.2) is 0 Å². The molecule has 1 aromatic carbocycles. The molecule has 10 heteroatoms. The van der Waals surface area contributed by atoms with Crippen molar-refractivity contribution in [3.05, 3.63) is 52.9 Å². The summed E-state index contributed by atoms with van der Waals surface area (Å²) >= 11 is 6.35. The van der Waals surface area contributed by atoms with E-state index in [0.717, 1.165) is 24.9 Å². The third-order valence-electron chi connectivity index (χ3n) is 6.02. The third kappa shape index (κ3) is 4.38. The Balaban J connectivity index is 1.29. The number of hydrogen-bond donors (Lipinski definition) is 0. The summed E-state index contributed by atoms with van der Waals surface area (Å²) in [5.74, 6) is 1.98. The lowest BCUT2D eigenvalue weighted by molar-refractivity contribution is 0.0745. The molecule has 2 aromatic heterocycles. The summed E-state index contributed by atoms with van der Waals surface area (Å²) in [5, 5.41) is 4.66. The van der Waals surface area contributed by atoms with Gasteiger partial charge in [0.05, 0.1) is 18.2 Å². The number of carbonyl (C=O) groups excluding carboxylic acids is 1. The zero-order chi connectivity index (χ0) is 22.8. The lowest BCUT2D eigenvalue weighted by Crippen LogP contribution is -2.49. The molecule has 0 N–H and O–H groups in total. The van der Waals surface area contributed by atoms with Crippen LogP contribution in [0.15, 0.2) is 41.1 Å². The molecule has 33 heavy (non-hydrogen) atoms. The van der Waals surface area contributed by atoms with Gasteiger partial charge < -0.3 is 24.0 Å². The Hall–Kier alpha value is -3.17. The predicted molar refractivity (Wildman–Crippen MR) is 125 cm³/mol. The van der Waals surface area contributed by atoms with E-state index in [1.165, 1.54) is 0 Å². The zero-order valence-corrected chi connectivity index (χ0v) is 19.2. The molecule has 0 saturated carbocycles. The second kappa shape index (κ2) is 9.36. The van der Waals surface area contributed by atoms with Crippen molar-refractivity contribution in [1.82, 2.24) is 20.0 Å². The fourth-order valence-corrected chi connectivity index (χ4v) is 4.41. The maximum absolute atomic E-state index is 13.4. The quantitative estimate of drug-likeness (QED) is 0.577. The van der Waals surface area contributed by atoms with Gasteiger partial charge in [-0.3, -0.25) is 4.79 Å². The second-order valence-corrected chi connectivity index (χ2v) is 8.44. The summed E-state index contributed by atoms with van der Waals surface area (Å²) in [6, 6.07) is 9.25. The maximum atomic E-state index is 13.4. The molecule has 0 radical (unpaired) electrons. The Morgan fingerprint density at radius 2 is 1.76 bits per heavy atom. The van der Waals surface area contributed by atoms with Gasteiger partial charge in [-0.2, -0.15) is 4.98 Å². The van der Waals surface area contributed by atoms with Crippen molar-refractivity contribution in [2.45, 2.75) is 6.92 Å². The second-order valence-electron chi connectivity index (χ2n) is 8.04. The molecule has 0 atom stereocenters. The molecule has 2 aliphatic heterocycles. The first-order chi connectivity index (χ1) is 16.1. The van der Waals surface area contributed by atoms with Gasteiger partial charge >= 0.3 is 0 Å². The van der Waals surface area contributed by atoms with Crippen molar-refractivity contribution in [2.24, 2.45) is 0 Å². The highest BCUT2D eigenvalue weighted by molar-refractivity contribution is 6.33. The predicted octanol–water partition coefficient (Wildman–Crippen LogP) is 2.89. The van der Waals surface area contributed by atoms with Crippen LogP contribution in [0, 0.1) is 6.92 Å². The smallest absolute Gasteiger partial charge is 0.259 e. The Morgan fingerprint density at radius 3 is 2.52 bits per heavy atom. The molecular formula is C23H25ClN6O3. The maximum Gasteiger partial charge on any atom is 0.259 e. The molecule has 0 aliphatic carbocycles. The van der Waals surface area contributed by atoms with Gasteiger partial charge in [0.1, 0.15) is 22.8 Å². The van der Waals surface area contributed by atoms with Gasteiger partial charge in [-0.15, -0.1) is 0 Å². The number of aryl methyl sites for hydroxylation is 1. The zero-order valence-electron chi connectivity index (χ0n) is 18.4. The van der Waals surface area contributed by atoms with Gasteiger partial charge in [0.2, 0.25) is 5.95 Å². The van der Waals surface area contributed by atoms with Crippen LogP contribution in [-0.2, 0) is 4.74 Å². The molecule has 0 unspecified atom stereocenters. The molecule has 9 nitrogen and oxygen atoms in total. The molecule has 5 rings (SSSR count). The van der Waals surface area contributed by atoms with E-state index in [1.54, 1.807) is 19.2 Å². The molecule has 2 saturated heterocycles. The Morgan fingerprint density at radius 1 is 1.00 bits per heavy atom. The number of hydrogen-bond acceptors (Lipinski definition) is 8. The Bertz CT molecular complexity index is 1140. The molecule has 2 aliphatic rings.